The van der Waals surface area contributed by atoms with E-state index < -0.39 is 0 Å². The molecule has 0 amide bonds. The first-order chi connectivity index (χ1) is 14.6. The number of nitrogens with zero attached hydrogens (tertiary/aromatic N) is 5. The van der Waals surface area contributed by atoms with E-state index in [1.807, 2.05) is 12.4 Å². The van der Waals surface area contributed by atoms with Crippen molar-refractivity contribution in [3.05, 3.63) is 59.5 Å². The average molecular weight is 402 g/mol. The monoisotopic (exact) mass is 401 g/mol. The molecule has 0 atom stereocenters. The van der Waals surface area contributed by atoms with Crippen molar-refractivity contribution in [2.45, 2.75) is 19.9 Å². The number of piperazine rings is 1. The lowest BCUT2D eigenvalue weighted by atomic mass is 10.0. The minimum absolute atomic E-state index is 1.02. The molecule has 1 aromatic carbocycles. The number of pyridine rings is 1. The Hall–Kier alpha value is -2.63. The lowest BCUT2D eigenvalue weighted by Gasteiger charge is -2.34. The van der Waals surface area contributed by atoms with Crippen molar-refractivity contribution in [2.24, 2.45) is 0 Å². The molecule has 0 radical (unpaired) electrons. The third-order valence-corrected chi connectivity index (χ3v) is 6.69. The fourth-order valence-electron chi connectivity index (χ4n) is 4.81. The number of likely N-dealkylation sites (N-methyl/N-ethyl adjacent to an activating group) is 2. The minimum atomic E-state index is 1.02. The van der Waals surface area contributed by atoms with Crippen LogP contribution in [-0.4, -0.2) is 66.2 Å². The van der Waals surface area contributed by atoms with Crippen LogP contribution in [0.1, 0.15) is 23.7 Å². The molecule has 4 heterocycles. The highest BCUT2D eigenvalue weighted by molar-refractivity contribution is 5.92. The molecule has 1 fully saturated rings. The molecular weight excluding hydrogens is 370 g/mol. The van der Waals surface area contributed by atoms with E-state index in [-0.39, 0.29) is 0 Å². The topological polar surface area (TPSA) is 27.5 Å². The van der Waals surface area contributed by atoms with Gasteiger partial charge < -0.3 is 19.3 Å². The second kappa shape index (κ2) is 7.89. The number of fused-ring (bicyclic) bond motifs is 3. The Morgan fingerprint density at radius 1 is 0.933 bits per heavy atom. The normalized spacial score (nSPS) is 18.8. The van der Waals surface area contributed by atoms with Gasteiger partial charge >= 0.3 is 0 Å². The molecule has 0 unspecified atom stereocenters. The molecule has 0 aliphatic carbocycles. The van der Waals surface area contributed by atoms with Gasteiger partial charge in [-0.15, -0.1) is 0 Å². The van der Waals surface area contributed by atoms with Gasteiger partial charge in [-0.05, 0) is 68.1 Å². The molecule has 5 heteroatoms. The average Bonchev–Trinajstić information content (AvgIpc) is 3.07. The number of hydrogen-bond donors (Lipinski definition) is 0. The van der Waals surface area contributed by atoms with Gasteiger partial charge in [0.05, 0.1) is 5.52 Å². The van der Waals surface area contributed by atoms with Crippen molar-refractivity contribution in [3.8, 4) is 0 Å². The number of hydrogen-bond acceptors (Lipinski definition) is 4. The molecule has 3 aromatic rings. The number of allylic oxidation sites excluding steroid dienone is 1. The predicted molar refractivity (Wildman–Crippen MR) is 126 cm³/mol. The summed E-state index contributed by atoms with van der Waals surface area (Å²) < 4.78 is 2.45. The molecule has 156 valence electrons. The Balaban J connectivity index is 1.61. The van der Waals surface area contributed by atoms with Gasteiger partial charge in [-0.1, -0.05) is 0 Å². The second-order valence-corrected chi connectivity index (χ2v) is 8.82. The van der Waals surface area contributed by atoms with Gasteiger partial charge in [0, 0.05) is 81.1 Å². The van der Waals surface area contributed by atoms with E-state index >= 15 is 0 Å². The van der Waals surface area contributed by atoms with Gasteiger partial charge in [0.2, 0.25) is 0 Å². The van der Waals surface area contributed by atoms with Crippen LogP contribution in [0.4, 0.5) is 5.69 Å². The lowest BCUT2D eigenvalue weighted by Crippen LogP contribution is -2.44. The zero-order valence-electron chi connectivity index (χ0n) is 18.3. The Labute approximate surface area is 179 Å². The maximum absolute atomic E-state index is 4.16. The molecule has 0 bridgehead atoms. The van der Waals surface area contributed by atoms with Crippen LogP contribution in [0.25, 0.3) is 22.7 Å². The number of rotatable bonds is 3. The second-order valence-electron chi connectivity index (χ2n) is 8.82. The molecule has 2 aliphatic rings. The van der Waals surface area contributed by atoms with Crippen molar-refractivity contribution in [1.29, 1.82) is 0 Å². The molecular formula is C25H31N5. The van der Waals surface area contributed by atoms with E-state index in [2.05, 4.69) is 81.8 Å². The van der Waals surface area contributed by atoms with Crippen LogP contribution < -0.4 is 4.90 Å². The van der Waals surface area contributed by atoms with Crippen molar-refractivity contribution in [1.82, 2.24) is 19.4 Å². The van der Waals surface area contributed by atoms with Crippen LogP contribution in [0.3, 0.4) is 0 Å². The first kappa shape index (κ1) is 19.3. The third-order valence-electron chi connectivity index (χ3n) is 6.69. The van der Waals surface area contributed by atoms with Crippen molar-refractivity contribution >= 4 is 28.4 Å². The molecule has 0 saturated carbocycles. The summed E-state index contributed by atoms with van der Waals surface area (Å²) in [4.78, 5) is 11.6. The summed E-state index contributed by atoms with van der Waals surface area (Å²) in [5.74, 6) is 0. The van der Waals surface area contributed by atoms with E-state index in [1.165, 1.54) is 39.0 Å². The first-order valence-electron chi connectivity index (χ1n) is 11.0. The predicted octanol–water partition coefficient (Wildman–Crippen LogP) is 3.79. The van der Waals surface area contributed by atoms with Gasteiger partial charge in [0.15, 0.2) is 0 Å². The van der Waals surface area contributed by atoms with Gasteiger partial charge in [-0.2, -0.15) is 0 Å². The van der Waals surface area contributed by atoms with E-state index in [9.17, 15) is 0 Å². The summed E-state index contributed by atoms with van der Waals surface area (Å²) in [5, 5.41) is 1.41. The summed E-state index contributed by atoms with van der Waals surface area (Å²) in [6.45, 7) is 8.80. The quantitative estimate of drug-likeness (QED) is 0.667. The number of benzene rings is 1. The van der Waals surface area contributed by atoms with E-state index in [0.717, 1.165) is 45.7 Å². The summed E-state index contributed by atoms with van der Waals surface area (Å²) in [6, 6.07) is 11.3. The summed E-state index contributed by atoms with van der Waals surface area (Å²) in [5.41, 5.74) is 8.13. The van der Waals surface area contributed by atoms with Crippen LogP contribution >= 0.6 is 0 Å². The maximum atomic E-state index is 4.16. The summed E-state index contributed by atoms with van der Waals surface area (Å²) in [6.07, 6.45) is 7.14. The molecule has 5 rings (SSSR count). The van der Waals surface area contributed by atoms with Gasteiger partial charge in [0.1, 0.15) is 0 Å². The molecule has 0 N–H and O–H groups in total. The lowest BCUT2D eigenvalue weighted by molar-refractivity contribution is 0.311. The van der Waals surface area contributed by atoms with Crippen molar-refractivity contribution < 1.29 is 0 Å². The Kier molecular flexibility index (Phi) is 5.09. The molecule has 2 aromatic heterocycles. The van der Waals surface area contributed by atoms with Crippen molar-refractivity contribution in [2.75, 3.05) is 51.7 Å². The Bertz CT molecular complexity index is 1070. The van der Waals surface area contributed by atoms with Crippen LogP contribution in [0.2, 0.25) is 0 Å². The Morgan fingerprint density at radius 2 is 1.70 bits per heavy atom. The summed E-state index contributed by atoms with van der Waals surface area (Å²) in [7, 11) is 4.44. The minimum Gasteiger partial charge on any atom is -0.369 e. The van der Waals surface area contributed by atoms with Gasteiger partial charge in [0.25, 0.3) is 0 Å². The van der Waals surface area contributed by atoms with E-state index in [0.29, 0.717) is 0 Å². The molecule has 0 spiro atoms. The number of aromatic nitrogens is 2. The Morgan fingerprint density at radius 3 is 2.47 bits per heavy atom. The largest absolute Gasteiger partial charge is 0.369 e. The standard InChI is InChI=1S/C25H31N5/c1-19(20-6-9-26-10-7-20)17-30-24-5-4-21(29-14-12-27(2)13-15-29)16-22(24)23-18-28(3)11-8-25(23)30/h4-7,9-10,16-17H,8,11-15,18H2,1-3H3/b19-17+. The molecule has 1 saturated heterocycles. The van der Waals surface area contributed by atoms with Crippen LogP contribution in [-0.2, 0) is 13.0 Å². The SMILES string of the molecule is C/C(=C\n1c2c(c3cc(N4CCN(C)CC4)ccc31)CN(C)CC2)c1ccncc1. The molecule has 2 aliphatic heterocycles. The molecule has 30 heavy (non-hydrogen) atoms. The third kappa shape index (κ3) is 3.53. The zero-order chi connectivity index (χ0) is 20.7. The highest BCUT2D eigenvalue weighted by atomic mass is 15.2. The summed E-state index contributed by atoms with van der Waals surface area (Å²) >= 11 is 0. The van der Waals surface area contributed by atoms with Gasteiger partial charge in [-0.3, -0.25) is 4.98 Å². The van der Waals surface area contributed by atoms with Crippen molar-refractivity contribution in [3.63, 3.8) is 0 Å². The fraction of sp³-hybridized carbons (Fsp3) is 0.400. The molecule has 5 nitrogen and oxygen atoms in total. The van der Waals surface area contributed by atoms with Crippen LogP contribution in [0, 0.1) is 0 Å². The number of anilines is 1. The van der Waals surface area contributed by atoms with Crippen LogP contribution in [0.15, 0.2) is 42.7 Å². The van der Waals surface area contributed by atoms with E-state index in [1.54, 1.807) is 0 Å². The van der Waals surface area contributed by atoms with Gasteiger partial charge in [-0.25, -0.2) is 0 Å². The first-order valence-corrected chi connectivity index (χ1v) is 11.0. The fourth-order valence-corrected chi connectivity index (χ4v) is 4.81. The van der Waals surface area contributed by atoms with E-state index in [4.69, 9.17) is 0 Å². The maximum Gasteiger partial charge on any atom is 0.0530 e. The highest BCUT2D eigenvalue weighted by Gasteiger charge is 2.23. The zero-order valence-corrected chi connectivity index (χ0v) is 18.3. The smallest absolute Gasteiger partial charge is 0.0530 e. The highest BCUT2D eigenvalue weighted by Crippen LogP contribution is 2.34. The van der Waals surface area contributed by atoms with Crippen LogP contribution in [0.5, 0.6) is 0 Å².